The summed E-state index contributed by atoms with van der Waals surface area (Å²) < 4.78 is 0. The van der Waals surface area contributed by atoms with E-state index in [0.717, 1.165) is 22.7 Å². The molecule has 0 aliphatic carbocycles. The highest BCUT2D eigenvalue weighted by Crippen LogP contribution is 2.21. The molecular weight excluding hydrogens is 330 g/mol. The van der Waals surface area contributed by atoms with Crippen LogP contribution in [-0.2, 0) is 12.8 Å². The monoisotopic (exact) mass is 351 g/mol. The van der Waals surface area contributed by atoms with E-state index in [1.165, 1.54) is 16.9 Å². The van der Waals surface area contributed by atoms with Gasteiger partial charge in [-0.1, -0.05) is 49.4 Å². The minimum absolute atomic E-state index is 0.206. The Kier molecular flexibility index (Phi) is 5.58. The van der Waals surface area contributed by atoms with Crippen molar-refractivity contribution in [3.05, 3.63) is 81.8 Å². The Morgan fingerprint density at radius 3 is 2.68 bits per heavy atom. The zero-order valence-electron chi connectivity index (χ0n) is 14.1. The van der Waals surface area contributed by atoms with Gasteiger partial charge in [0.05, 0.1) is 6.04 Å². The lowest BCUT2D eigenvalue weighted by atomic mass is 10.1. The van der Waals surface area contributed by atoms with E-state index >= 15 is 0 Å². The van der Waals surface area contributed by atoms with Crippen LogP contribution in [0.25, 0.3) is 0 Å². The molecule has 0 aliphatic rings. The average Bonchev–Trinajstić information content (AvgIpc) is 3.13. The van der Waals surface area contributed by atoms with Crippen molar-refractivity contribution in [1.82, 2.24) is 4.98 Å². The van der Waals surface area contributed by atoms with Gasteiger partial charge in [0, 0.05) is 11.1 Å². The second-order valence-electron chi connectivity index (χ2n) is 5.88. The predicted octanol–water partition coefficient (Wildman–Crippen LogP) is 4.20. The molecule has 1 amide bonds. The van der Waals surface area contributed by atoms with Crippen molar-refractivity contribution >= 4 is 22.9 Å². The highest BCUT2D eigenvalue weighted by atomic mass is 32.1. The minimum atomic E-state index is -0.211. The summed E-state index contributed by atoms with van der Waals surface area (Å²) in [6, 6.07) is 17.7. The van der Waals surface area contributed by atoms with E-state index in [1.807, 2.05) is 54.6 Å². The molecule has 0 saturated carbocycles. The minimum Gasteiger partial charge on any atom is -0.322 e. The van der Waals surface area contributed by atoms with Crippen LogP contribution < -0.4 is 11.1 Å². The average molecular weight is 351 g/mol. The highest BCUT2D eigenvalue weighted by molar-refractivity contribution is 7.09. The first-order valence-corrected chi connectivity index (χ1v) is 9.19. The highest BCUT2D eigenvalue weighted by Gasteiger charge is 2.16. The van der Waals surface area contributed by atoms with E-state index in [-0.39, 0.29) is 11.9 Å². The van der Waals surface area contributed by atoms with Crippen molar-refractivity contribution in [3.8, 4) is 0 Å². The van der Waals surface area contributed by atoms with Crippen LogP contribution in [0.15, 0.2) is 60.0 Å². The maximum absolute atomic E-state index is 12.4. The Morgan fingerprint density at radius 1 is 1.16 bits per heavy atom. The second-order valence-corrected chi connectivity index (χ2v) is 6.76. The smallest absolute Gasteiger partial charge is 0.275 e. The first-order chi connectivity index (χ1) is 12.2. The van der Waals surface area contributed by atoms with Gasteiger partial charge in [-0.05, 0) is 36.1 Å². The molecule has 4 nitrogen and oxygen atoms in total. The fourth-order valence-electron chi connectivity index (χ4n) is 2.58. The van der Waals surface area contributed by atoms with Gasteiger partial charge in [-0.3, -0.25) is 4.79 Å². The fraction of sp³-hybridized carbons (Fsp3) is 0.200. The molecular formula is C20H21N3OS. The van der Waals surface area contributed by atoms with Crippen molar-refractivity contribution in [2.45, 2.75) is 25.8 Å². The van der Waals surface area contributed by atoms with E-state index in [4.69, 9.17) is 5.73 Å². The molecule has 25 heavy (non-hydrogen) atoms. The number of carbonyl (C=O) groups is 1. The molecule has 1 aromatic heterocycles. The number of aromatic nitrogens is 1. The second kappa shape index (κ2) is 8.05. The number of hydrogen-bond donors (Lipinski definition) is 2. The van der Waals surface area contributed by atoms with Gasteiger partial charge in [0.25, 0.3) is 5.91 Å². The largest absolute Gasteiger partial charge is 0.322 e. The third kappa shape index (κ3) is 4.53. The quantitative estimate of drug-likeness (QED) is 0.699. The molecule has 3 rings (SSSR count). The number of nitrogens with zero attached hydrogens (tertiary/aromatic N) is 1. The van der Waals surface area contributed by atoms with Crippen molar-refractivity contribution < 1.29 is 4.79 Å². The van der Waals surface area contributed by atoms with E-state index < -0.39 is 0 Å². The molecule has 0 spiro atoms. The Balaban J connectivity index is 1.66. The number of nitrogens with one attached hydrogen (secondary N) is 1. The van der Waals surface area contributed by atoms with Crippen LogP contribution in [0.4, 0.5) is 5.69 Å². The first-order valence-electron chi connectivity index (χ1n) is 8.31. The number of nitrogens with two attached hydrogens (primary N) is 1. The topological polar surface area (TPSA) is 68.0 Å². The lowest BCUT2D eigenvalue weighted by molar-refractivity contribution is 0.102. The van der Waals surface area contributed by atoms with Gasteiger partial charge in [-0.2, -0.15) is 0 Å². The number of carbonyl (C=O) groups excluding carboxylic acids is 1. The fourth-order valence-corrected chi connectivity index (χ4v) is 3.38. The molecule has 0 fully saturated rings. The Hall–Kier alpha value is -2.50. The normalized spacial score (nSPS) is 11.9. The number of anilines is 1. The standard InChI is InChI=1S/C20H21N3OS/c1-2-14-9-6-10-16(11-14)22-19(24)18-13-25-20(23-18)17(21)12-15-7-4-3-5-8-15/h3-11,13,17H,2,12,21H2,1H3,(H,22,24). The molecule has 3 N–H and O–H groups in total. The molecule has 1 heterocycles. The van der Waals surface area contributed by atoms with Crippen molar-refractivity contribution in [1.29, 1.82) is 0 Å². The molecule has 5 heteroatoms. The molecule has 3 aromatic rings. The molecule has 0 bridgehead atoms. The molecule has 0 aliphatic heterocycles. The van der Waals surface area contributed by atoms with Gasteiger partial charge in [-0.15, -0.1) is 11.3 Å². The van der Waals surface area contributed by atoms with E-state index in [9.17, 15) is 4.79 Å². The molecule has 0 saturated heterocycles. The van der Waals surface area contributed by atoms with Crippen LogP contribution in [0.2, 0.25) is 0 Å². The van der Waals surface area contributed by atoms with Gasteiger partial charge >= 0.3 is 0 Å². The zero-order valence-corrected chi connectivity index (χ0v) is 14.9. The molecule has 1 atom stereocenters. The maximum atomic E-state index is 12.4. The summed E-state index contributed by atoms with van der Waals surface area (Å²) in [5.74, 6) is -0.206. The van der Waals surface area contributed by atoms with E-state index in [1.54, 1.807) is 5.38 Å². The van der Waals surface area contributed by atoms with Crippen molar-refractivity contribution in [2.75, 3.05) is 5.32 Å². The van der Waals surface area contributed by atoms with E-state index in [0.29, 0.717) is 12.1 Å². The predicted molar refractivity (Wildman–Crippen MR) is 103 cm³/mol. The van der Waals surface area contributed by atoms with Crippen LogP contribution >= 0.6 is 11.3 Å². The van der Waals surface area contributed by atoms with Gasteiger partial charge in [0.15, 0.2) is 0 Å². The maximum Gasteiger partial charge on any atom is 0.275 e. The Bertz CT molecular complexity index is 845. The lowest BCUT2D eigenvalue weighted by Gasteiger charge is -2.08. The van der Waals surface area contributed by atoms with Gasteiger partial charge in [-0.25, -0.2) is 4.98 Å². The number of benzene rings is 2. The molecule has 2 aromatic carbocycles. The number of aryl methyl sites for hydroxylation is 1. The van der Waals surface area contributed by atoms with E-state index in [2.05, 4.69) is 17.2 Å². The summed E-state index contributed by atoms with van der Waals surface area (Å²) in [4.78, 5) is 16.8. The number of thiazole rings is 1. The summed E-state index contributed by atoms with van der Waals surface area (Å²) in [6.45, 7) is 2.09. The zero-order chi connectivity index (χ0) is 17.6. The summed E-state index contributed by atoms with van der Waals surface area (Å²) in [6.07, 6.45) is 1.63. The van der Waals surface area contributed by atoms with Gasteiger partial charge in [0.2, 0.25) is 0 Å². The van der Waals surface area contributed by atoms with Crippen LogP contribution in [0.1, 0.15) is 39.6 Å². The van der Waals surface area contributed by atoms with Crippen LogP contribution in [0, 0.1) is 0 Å². The van der Waals surface area contributed by atoms with Crippen molar-refractivity contribution in [2.24, 2.45) is 5.73 Å². The van der Waals surface area contributed by atoms with Crippen molar-refractivity contribution in [3.63, 3.8) is 0 Å². The van der Waals surface area contributed by atoms with Gasteiger partial charge < -0.3 is 11.1 Å². The molecule has 0 radical (unpaired) electrons. The SMILES string of the molecule is CCc1cccc(NC(=O)c2csc(C(N)Cc3ccccc3)n2)c1. The number of amides is 1. The Morgan fingerprint density at radius 2 is 1.92 bits per heavy atom. The lowest BCUT2D eigenvalue weighted by Crippen LogP contribution is -2.15. The van der Waals surface area contributed by atoms with Crippen LogP contribution in [0.5, 0.6) is 0 Å². The Labute approximate surface area is 151 Å². The summed E-state index contributed by atoms with van der Waals surface area (Å²) in [5, 5.41) is 5.44. The molecule has 1 unspecified atom stereocenters. The third-order valence-electron chi connectivity index (χ3n) is 3.96. The van der Waals surface area contributed by atoms with Crippen LogP contribution in [-0.4, -0.2) is 10.9 Å². The third-order valence-corrected chi connectivity index (χ3v) is 4.94. The number of hydrogen-bond acceptors (Lipinski definition) is 4. The van der Waals surface area contributed by atoms with Crippen LogP contribution in [0.3, 0.4) is 0 Å². The number of rotatable bonds is 6. The molecule has 128 valence electrons. The van der Waals surface area contributed by atoms with Gasteiger partial charge in [0.1, 0.15) is 10.7 Å². The first kappa shape index (κ1) is 17.3. The summed E-state index contributed by atoms with van der Waals surface area (Å²) in [7, 11) is 0. The summed E-state index contributed by atoms with van der Waals surface area (Å²) >= 11 is 1.43. The summed E-state index contributed by atoms with van der Waals surface area (Å²) in [5.41, 5.74) is 9.78.